The zero-order valence-electron chi connectivity index (χ0n) is 27.1. The normalized spacial score (nSPS) is 15.9. The van der Waals surface area contributed by atoms with Crippen molar-refractivity contribution in [2.24, 2.45) is 0 Å². The molecule has 0 amide bonds. The van der Waals surface area contributed by atoms with E-state index in [1.165, 1.54) is 0 Å². The third-order valence-corrected chi connectivity index (χ3v) is 155. The zero-order chi connectivity index (χ0) is 27.9. The fraction of sp³-hybridized carbons (Fsp3) is 1.00. The molecule has 0 bridgehead atoms. The van der Waals surface area contributed by atoms with E-state index in [2.05, 4.69) is 134 Å². The Hall–Kier alpha value is 1.66. The van der Waals surface area contributed by atoms with Crippen molar-refractivity contribution in [2.45, 2.75) is 157 Å². The van der Waals surface area contributed by atoms with Gasteiger partial charge < -0.3 is 8.85 Å². The Kier molecular flexibility index (Phi) is 12.0. The third kappa shape index (κ3) is 6.44. The largest absolute Gasteiger partial charge is 0.397 e. The highest BCUT2D eigenvalue weighted by molar-refractivity contribution is 8.04. The Morgan fingerprint density at radius 1 is 0.441 bits per heavy atom. The Morgan fingerprint density at radius 3 is 0.882 bits per heavy atom. The van der Waals surface area contributed by atoms with Crippen LogP contribution in [0.1, 0.15) is 55.4 Å². The van der Waals surface area contributed by atoms with Gasteiger partial charge in [-0.25, -0.2) is 0 Å². The minimum atomic E-state index is -2.53. The van der Waals surface area contributed by atoms with Gasteiger partial charge in [-0.05, 0) is 27.7 Å². The second-order valence-corrected chi connectivity index (χ2v) is 91.1. The van der Waals surface area contributed by atoms with Crippen LogP contribution >= 0.6 is 0 Å². The maximum Gasteiger partial charge on any atom is 0.283 e. The smallest absolute Gasteiger partial charge is 0.283 e. The SMILES string of the molecule is CC(C)O[Si](OC(C)C)([Si][Si](C(C)C)([Si](C)(C)C)[Si](C)(C)C)[Si](C(C)C)([Si](C)(C)C)[Si](C)(C)C. The topological polar surface area (TPSA) is 18.5 Å². The van der Waals surface area contributed by atoms with Gasteiger partial charge >= 0.3 is 0 Å². The van der Waals surface area contributed by atoms with Crippen molar-refractivity contribution in [2.75, 3.05) is 0 Å². The second-order valence-electron chi connectivity index (χ2n) is 16.0. The van der Waals surface area contributed by atoms with Crippen molar-refractivity contribution in [3.8, 4) is 0 Å². The molecule has 0 aliphatic heterocycles. The molecule has 0 unspecified atom stereocenters. The predicted molar refractivity (Wildman–Crippen MR) is 179 cm³/mol. The molecule has 34 heavy (non-hydrogen) atoms. The summed E-state index contributed by atoms with van der Waals surface area (Å²) in [5, 5.41) is 0. The fourth-order valence-electron chi connectivity index (χ4n) is 8.90. The molecule has 0 N–H and O–H groups in total. The van der Waals surface area contributed by atoms with Crippen LogP contribution in [0.3, 0.4) is 0 Å². The van der Waals surface area contributed by atoms with Gasteiger partial charge in [0.2, 0.25) is 0 Å². The van der Waals surface area contributed by atoms with Crippen LogP contribution in [0.2, 0.25) is 89.6 Å². The van der Waals surface area contributed by atoms with E-state index < -0.39 is 51.2 Å². The van der Waals surface area contributed by atoms with Gasteiger partial charge in [-0.1, -0.05) is 117 Å². The molecule has 0 heterocycles. The molecule has 2 nitrogen and oxygen atoms in total. The Balaban J connectivity index is 8.14. The van der Waals surface area contributed by atoms with Crippen LogP contribution in [0.5, 0.6) is 0 Å². The first kappa shape index (κ1) is 35.7. The van der Waals surface area contributed by atoms with Crippen molar-refractivity contribution in [1.29, 1.82) is 0 Å². The first-order chi connectivity index (χ1) is 14.7. The van der Waals surface area contributed by atoms with E-state index in [1.807, 2.05) is 0 Å². The molecule has 0 aromatic rings. The van der Waals surface area contributed by atoms with Crippen LogP contribution in [0.25, 0.3) is 0 Å². The fourth-order valence-corrected chi connectivity index (χ4v) is 235. The molecule has 0 atom stereocenters. The lowest BCUT2D eigenvalue weighted by Crippen LogP contribution is -2.95. The molecule has 0 aromatic carbocycles. The van der Waals surface area contributed by atoms with Crippen molar-refractivity contribution in [3.63, 3.8) is 0 Å². The molecule has 0 spiro atoms. The minimum Gasteiger partial charge on any atom is -0.397 e. The van der Waals surface area contributed by atoms with E-state index in [9.17, 15) is 0 Å². The summed E-state index contributed by atoms with van der Waals surface area (Å²) in [5.74, 6) is 0. The first-order valence-electron chi connectivity index (χ1n) is 13.8. The molecule has 10 heteroatoms. The zero-order valence-corrected chi connectivity index (χ0v) is 35.1. The molecule has 0 aliphatic rings. The third-order valence-electron chi connectivity index (χ3n) is 8.15. The lowest BCUT2D eigenvalue weighted by Gasteiger charge is -2.65. The van der Waals surface area contributed by atoms with Gasteiger partial charge in [-0.2, -0.15) is 0 Å². The van der Waals surface area contributed by atoms with Crippen LogP contribution in [0.4, 0.5) is 0 Å². The second kappa shape index (κ2) is 11.4. The van der Waals surface area contributed by atoms with Gasteiger partial charge in [0.25, 0.3) is 7.60 Å². The summed E-state index contributed by atoms with van der Waals surface area (Å²) in [7, 11) is -7.58. The molecule has 2 radical (unpaired) electrons. The van der Waals surface area contributed by atoms with Crippen LogP contribution in [0.15, 0.2) is 0 Å². The molecule has 0 rings (SSSR count). The van der Waals surface area contributed by atoms with Crippen LogP contribution < -0.4 is 0 Å². The molecular weight excluding hydrogens is 545 g/mol. The highest BCUT2D eigenvalue weighted by Crippen LogP contribution is 2.49. The van der Waals surface area contributed by atoms with Gasteiger partial charge in [-0.15, -0.1) is 0 Å². The monoisotopic (exact) mass is 608 g/mol. The number of rotatable bonds is 13. The molecule has 0 fully saturated rings. The van der Waals surface area contributed by atoms with E-state index in [1.54, 1.807) is 0 Å². The molecule has 0 aliphatic carbocycles. The quantitative estimate of drug-likeness (QED) is 0.195. The van der Waals surface area contributed by atoms with E-state index in [-0.39, 0.29) is 12.2 Å². The number of hydrogen-bond donors (Lipinski definition) is 0. The number of hydrogen-bond acceptors (Lipinski definition) is 2. The standard InChI is InChI=1S/C24H64O2Si8/c1-21(2)25-34(26-22(3)4,33(24(7)8,30(15,16)17)31(18,19)20)27-32(23(5)6,28(9,10)11)29(12,13)14/h21-24H,1-20H3. The lowest BCUT2D eigenvalue weighted by molar-refractivity contribution is 0.134. The van der Waals surface area contributed by atoms with Crippen molar-refractivity contribution < 1.29 is 8.85 Å². The van der Waals surface area contributed by atoms with E-state index >= 15 is 0 Å². The summed E-state index contributed by atoms with van der Waals surface area (Å²) in [6.45, 7) is 48.8. The summed E-state index contributed by atoms with van der Waals surface area (Å²) in [5.41, 5.74) is 1.54. The highest BCUT2D eigenvalue weighted by atomic mass is 30.2. The summed E-state index contributed by atoms with van der Waals surface area (Å²) < 4.78 is 15.3. The van der Waals surface area contributed by atoms with Crippen LogP contribution in [-0.4, -0.2) is 72.0 Å². The maximum absolute atomic E-state index is 7.66. The molecule has 204 valence electrons. The molecule has 0 saturated heterocycles. The van der Waals surface area contributed by atoms with Crippen molar-refractivity contribution in [1.82, 2.24) is 0 Å². The minimum absolute atomic E-state index is 0.248. The maximum atomic E-state index is 7.66. The first-order valence-corrected chi connectivity index (χ1v) is 41.8. The van der Waals surface area contributed by atoms with E-state index in [0.717, 1.165) is 19.6 Å². The van der Waals surface area contributed by atoms with Gasteiger partial charge in [0.15, 0.2) is 0 Å². The molecular formula is C24H64O2Si8. The van der Waals surface area contributed by atoms with Gasteiger partial charge in [0.05, 0.1) is 15.2 Å². The molecule has 0 aromatic heterocycles. The van der Waals surface area contributed by atoms with Gasteiger partial charge in [0, 0.05) is 49.2 Å². The van der Waals surface area contributed by atoms with Crippen LogP contribution in [-0.2, 0) is 8.85 Å². The Morgan fingerprint density at radius 2 is 0.735 bits per heavy atom. The Labute approximate surface area is 224 Å². The van der Waals surface area contributed by atoms with Gasteiger partial charge in [0.1, 0.15) is 0 Å². The van der Waals surface area contributed by atoms with E-state index in [0.29, 0.717) is 0 Å². The highest BCUT2D eigenvalue weighted by Gasteiger charge is 2.75. The van der Waals surface area contributed by atoms with Gasteiger partial charge in [-0.3, -0.25) is 0 Å². The summed E-state index contributed by atoms with van der Waals surface area (Å²) in [4.78, 5) is 0. The average Bonchev–Trinajstić information content (AvgIpc) is 2.44. The average molecular weight is 609 g/mol. The summed E-state index contributed by atoms with van der Waals surface area (Å²) in [6.07, 6.45) is 0.497. The van der Waals surface area contributed by atoms with Crippen LogP contribution in [0, 0.1) is 0 Å². The summed E-state index contributed by atoms with van der Waals surface area (Å²) >= 11 is 0. The lowest BCUT2D eigenvalue weighted by atomic mass is 10.5. The predicted octanol–water partition coefficient (Wildman–Crippen LogP) is 8.44. The molecule has 0 saturated carbocycles. The van der Waals surface area contributed by atoms with Crippen molar-refractivity contribution in [3.05, 3.63) is 0 Å². The van der Waals surface area contributed by atoms with E-state index in [4.69, 9.17) is 8.85 Å². The van der Waals surface area contributed by atoms with Crippen molar-refractivity contribution >= 4 is 59.8 Å². The summed E-state index contributed by atoms with van der Waals surface area (Å²) in [6, 6.07) is 0. The Bertz CT molecular complexity index is 612.